The van der Waals surface area contributed by atoms with Crippen LogP contribution in [0.3, 0.4) is 0 Å². The van der Waals surface area contributed by atoms with E-state index < -0.39 is 6.10 Å². The van der Waals surface area contributed by atoms with E-state index in [0.29, 0.717) is 18.0 Å². The summed E-state index contributed by atoms with van der Waals surface area (Å²) in [5, 5.41) is 2.93. The lowest BCUT2D eigenvalue weighted by Gasteiger charge is -2.26. The van der Waals surface area contributed by atoms with Gasteiger partial charge in [0, 0.05) is 23.8 Å². The zero-order chi connectivity index (χ0) is 20.3. The van der Waals surface area contributed by atoms with Gasteiger partial charge in [0.15, 0.2) is 6.10 Å². The standard InChI is InChI=1S/C22H26N2O4/c1-14(2)24-13-17-12-18(7-10-20(17)28-15(3)22(24)26)23-21(25)11-16-5-8-19(27-4)9-6-16/h5-10,12,14-15H,11,13H2,1-4H3,(H,23,25). The number of fused-ring (bicyclic) bond motifs is 1. The van der Waals surface area contributed by atoms with Crippen molar-refractivity contribution in [1.29, 1.82) is 0 Å². The highest BCUT2D eigenvalue weighted by atomic mass is 16.5. The Balaban J connectivity index is 1.73. The lowest BCUT2D eigenvalue weighted by atomic mass is 10.1. The Morgan fingerprint density at radius 1 is 1.25 bits per heavy atom. The molecule has 0 bridgehead atoms. The summed E-state index contributed by atoms with van der Waals surface area (Å²) >= 11 is 0. The highest BCUT2D eigenvalue weighted by molar-refractivity contribution is 5.92. The number of methoxy groups -OCH3 is 1. The van der Waals surface area contributed by atoms with Gasteiger partial charge in [0.25, 0.3) is 5.91 Å². The SMILES string of the molecule is COc1ccc(CC(=O)Nc2ccc3c(c2)CN(C(C)C)C(=O)C(C)O3)cc1. The quantitative estimate of drug-likeness (QED) is 0.861. The van der Waals surface area contributed by atoms with Crippen LogP contribution in [-0.4, -0.2) is 36.0 Å². The molecule has 28 heavy (non-hydrogen) atoms. The number of amides is 2. The van der Waals surface area contributed by atoms with E-state index in [1.807, 2.05) is 50.2 Å². The molecule has 0 aliphatic carbocycles. The number of benzene rings is 2. The second kappa shape index (κ2) is 8.33. The van der Waals surface area contributed by atoms with Crippen molar-refractivity contribution in [1.82, 2.24) is 4.90 Å². The number of ether oxygens (including phenoxy) is 2. The fourth-order valence-corrected chi connectivity index (χ4v) is 3.20. The maximum Gasteiger partial charge on any atom is 0.263 e. The minimum Gasteiger partial charge on any atom is -0.497 e. The summed E-state index contributed by atoms with van der Waals surface area (Å²) in [4.78, 5) is 26.7. The van der Waals surface area contributed by atoms with Gasteiger partial charge in [-0.2, -0.15) is 0 Å². The van der Waals surface area contributed by atoms with E-state index in [4.69, 9.17) is 9.47 Å². The van der Waals surface area contributed by atoms with Gasteiger partial charge >= 0.3 is 0 Å². The molecule has 0 fully saturated rings. The van der Waals surface area contributed by atoms with Crippen LogP contribution in [0.1, 0.15) is 31.9 Å². The van der Waals surface area contributed by atoms with Crippen LogP contribution in [0, 0.1) is 0 Å². The van der Waals surface area contributed by atoms with Crippen molar-refractivity contribution in [3.05, 3.63) is 53.6 Å². The van der Waals surface area contributed by atoms with Crippen molar-refractivity contribution in [3.8, 4) is 11.5 Å². The molecule has 0 aromatic heterocycles. The Morgan fingerprint density at radius 2 is 1.96 bits per heavy atom. The lowest BCUT2D eigenvalue weighted by Crippen LogP contribution is -2.41. The Labute approximate surface area is 165 Å². The lowest BCUT2D eigenvalue weighted by molar-refractivity contribution is -0.139. The van der Waals surface area contributed by atoms with Gasteiger partial charge < -0.3 is 19.7 Å². The molecule has 2 amide bonds. The predicted molar refractivity (Wildman–Crippen MR) is 108 cm³/mol. The molecule has 1 aliphatic heterocycles. The van der Waals surface area contributed by atoms with Crippen molar-refractivity contribution in [3.63, 3.8) is 0 Å². The summed E-state index contributed by atoms with van der Waals surface area (Å²) in [7, 11) is 1.61. The van der Waals surface area contributed by atoms with Crippen molar-refractivity contribution in [2.75, 3.05) is 12.4 Å². The van der Waals surface area contributed by atoms with Crippen LogP contribution in [0.2, 0.25) is 0 Å². The van der Waals surface area contributed by atoms with Gasteiger partial charge in [-0.3, -0.25) is 9.59 Å². The molecule has 2 aromatic carbocycles. The third kappa shape index (κ3) is 4.44. The van der Waals surface area contributed by atoms with Crippen LogP contribution in [-0.2, 0) is 22.6 Å². The highest BCUT2D eigenvalue weighted by Gasteiger charge is 2.29. The second-order valence-electron chi connectivity index (χ2n) is 7.22. The maximum absolute atomic E-state index is 12.5. The number of nitrogens with one attached hydrogen (secondary N) is 1. The van der Waals surface area contributed by atoms with E-state index in [-0.39, 0.29) is 24.3 Å². The Morgan fingerprint density at radius 3 is 2.61 bits per heavy atom. The first-order valence-corrected chi connectivity index (χ1v) is 9.40. The van der Waals surface area contributed by atoms with Crippen LogP contribution in [0.25, 0.3) is 0 Å². The van der Waals surface area contributed by atoms with Gasteiger partial charge in [-0.25, -0.2) is 0 Å². The van der Waals surface area contributed by atoms with E-state index in [2.05, 4.69) is 5.32 Å². The van der Waals surface area contributed by atoms with Gasteiger partial charge in [-0.1, -0.05) is 12.1 Å². The van der Waals surface area contributed by atoms with E-state index >= 15 is 0 Å². The molecule has 3 rings (SSSR count). The van der Waals surface area contributed by atoms with E-state index in [0.717, 1.165) is 16.9 Å². The number of rotatable bonds is 5. The Hall–Kier alpha value is -3.02. The average molecular weight is 382 g/mol. The average Bonchev–Trinajstić information content (AvgIpc) is 2.79. The highest BCUT2D eigenvalue weighted by Crippen LogP contribution is 2.29. The van der Waals surface area contributed by atoms with Crippen molar-refractivity contribution >= 4 is 17.5 Å². The minimum atomic E-state index is -0.529. The smallest absolute Gasteiger partial charge is 0.263 e. The number of nitrogens with zero attached hydrogens (tertiary/aromatic N) is 1. The molecule has 6 heteroatoms. The summed E-state index contributed by atoms with van der Waals surface area (Å²) in [6, 6.07) is 13.0. The van der Waals surface area contributed by atoms with Gasteiger partial charge in [0.05, 0.1) is 13.5 Å². The largest absolute Gasteiger partial charge is 0.497 e. The van der Waals surface area contributed by atoms with Crippen molar-refractivity contribution < 1.29 is 19.1 Å². The van der Waals surface area contributed by atoms with E-state index in [9.17, 15) is 9.59 Å². The number of anilines is 1. The zero-order valence-electron chi connectivity index (χ0n) is 16.7. The molecule has 1 heterocycles. The molecule has 2 aromatic rings. The topological polar surface area (TPSA) is 67.9 Å². The van der Waals surface area contributed by atoms with Crippen LogP contribution in [0.15, 0.2) is 42.5 Å². The molecular weight excluding hydrogens is 356 g/mol. The minimum absolute atomic E-state index is 0.0312. The van der Waals surface area contributed by atoms with Crippen LogP contribution >= 0.6 is 0 Å². The number of carbonyl (C=O) groups excluding carboxylic acids is 2. The van der Waals surface area contributed by atoms with Gasteiger partial charge in [0.1, 0.15) is 11.5 Å². The van der Waals surface area contributed by atoms with Crippen LogP contribution in [0.4, 0.5) is 5.69 Å². The molecule has 148 valence electrons. The Kier molecular flexibility index (Phi) is 5.87. The molecule has 1 unspecified atom stereocenters. The van der Waals surface area contributed by atoms with Gasteiger partial charge in [-0.15, -0.1) is 0 Å². The molecule has 1 N–H and O–H groups in total. The van der Waals surface area contributed by atoms with E-state index in [1.54, 1.807) is 25.0 Å². The number of carbonyl (C=O) groups is 2. The summed E-state index contributed by atoms with van der Waals surface area (Å²) < 4.78 is 10.9. The summed E-state index contributed by atoms with van der Waals surface area (Å²) in [6.07, 6.45) is -0.259. The fraction of sp³-hybridized carbons (Fsp3) is 0.364. The molecular formula is C22H26N2O4. The van der Waals surface area contributed by atoms with Gasteiger partial charge in [-0.05, 0) is 56.7 Å². The molecule has 6 nitrogen and oxygen atoms in total. The maximum atomic E-state index is 12.5. The van der Waals surface area contributed by atoms with Crippen molar-refractivity contribution in [2.45, 2.75) is 45.9 Å². The summed E-state index contributed by atoms with van der Waals surface area (Å²) in [5.74, 6) is 1.30. The van der Waals surface area contributed by atoms with E-state index in [1.165, 1.54) is 0 Å². The summed E-state index contributed by atoms with van der Waals surface area (Å²) in [5.41, 5.74) is 2.47. The molecule has 0 radical (unpaired) electrons. The Bertz CT molecular complexity index is 861. The van der Waals surface area contributed by atoms with Crippen LogP contribution in [0.5, 0.6) is 11.5 Å². The predicted octanol–water partition coefficient (Wildman–Crippen LogP) is 3.39. The number of hydrogen-bond donors (Lipinski definition) is 1. The van der Waals surface area contributed by atoms with Crippen LogP contribution < -0.4 is 14.8 Å². The fourth-order valence-electron chi connectivity index (χ4n) is 3.20. The molecule has 1 atom stereocenters. The monoisotopic (exact) mass is 382 g/mol. The zero-order valence-corrected chi connectivity index (χ0v) is 16.7. The molecule has 0 saturated heterocycles. The molecule has 0 saturated carbocycles. The molecule has 1 aliphatic rings. The first-order chi connectivity index (χ1) is 13.4. The van der Waals surface area contributed by atoms with Gasteiger partial charge in [0.2, 0.25) is 5.91 Å². The first-order valence-electron chi connectivity index (χ1n) is 9.40. The third-order valence-electron chi connectivity index (χ3n) is 4.77. The normalized spacial score (nSPS) is 16.2. The first kappa shape index (κ1) is 19.7. The van der Waals surface area contributed by atoms with Crippen molar-refractivity contribution in [2.24, 2.45) is 0 Å². The second-order valence-corrected chi connectivity index (χ2v) is 7.22. The molecule has 0 spiro atoms. The number of hydrogen-bond acceptors (Lipinski definition) is 4. The third-order valence-corrected chi connectivity index (χ3v) is 4.77. The summed E-state index contributed by atoms with van der Waals surface area (Å²) in [6.45, 7) is 6.18.